The number of thioether (sulfide) groups is 1. The molecule has 2 rings (SSSR count). The second kappa shape index (κ2) is 7.33. The van der Waals surface area contributed by atoms with E-state index in [4.69, 9.17) is 5.73 Å². The number of carbonyl (C=O) groups is 2. The summed E-state index contributed by atoms with van der Waals surface area (Å²) in [6.07, 6.45) is 0. The third-order valence-corrected chi connectivity index (χ3v) is 4.72. The fourth-order valence-corrected chi connectivity index (χ4v) is 3.08. The lowest BCUT2D eigenvalue weighted by Gasteiger charge is -2.14. The summed E-state index contributed by atoms with van der Waals surface area (Å²) in [5, 5.41) is 2.62. The molecule has 0 unspecified atom stereocenters. The van der Waals surface area contributed by atoms with Crippen LogP contribution in [0.25, 0.3) is 0 Å². The van der Waals surface area contributed by atoms with Crippen molar-refractivity contribution in [2.45, 2.75) is 30.9 Å². The van der Waals surface area contributed by atoms with Gasteiger partial charge in [-0.05, 0) is 56.7 Å². The lowest BCUT2D eigenvalue weighted by Crippen LogP contribution is -2.22. The van der Waals surface area contributed by atoms with E-state index in [2.05, 4.69) is 11.4 Å². The molecule has 0 aliphatic rings. The Morgan fingerprint density at radius 3 is 2.30 bits per heavy atom. The quantitative estimate of drug-likeness (QED) is 0.825. The summed E-state index contributed by atoms with van der Waals surface area (Å²) in [6.45, 7) is 5.97. The van der Waals surface area contributed by atoms with Gasteiger partial charge in [-0.3, -0.25) is 9.59 Å². The Labute approximate surface area is 140 Å². The Bertz CT molecular complexity index is 726. The number of benzene rings is 2. The SMILES string of the molecule is Cc1ccc(S[C@H](C)C(=O)Nc2ccc(C(N)=O)cc2)c(C)c1. The smallest absolute Gasteiger partial charge is 0.248 e. The van der Waals surface area contributed by atoms with Crippen LogP contribution in [0.3, 0.4) is 0 Å². The summed E-state index contributed by atoms with van der Waals surface area (Å²) in [4.78, 5) is 24.4. The normalized spacial score (nSPS) is 11.8. The predicted octanol–water partition coefficient (Wildman–Crippen LogP) is 3.52. The summed E-state index contributed by atoms with van der Waals surface area (Å²) in [6, 6.07) is 12.7. The van der Waals surface area contributed by atoms with Gasteiger partial charge >= 0.3 is 0 Å². The van der Waals surface area contributed by atoms with Crippen molar-refractivity contribution in [2.24, 2.45) is 5.73 Å². The van der Waals surface area contributed by atoms with Crippen LogP contribution in [0.5, 0.6) is 0 Å². The number of primary amides is 1. The monoisotopic (exact) mass is 328 g/mol. The molecule has 0 spiro atoms. The minimum absolute atomic E-state index is 0.0817. The van der Waals surface area contributed by atoms with Crippen LogP contribution in [-0.4, -0.2) is 17.1 Å². The highest BCUT2D eigenvalue weighted by molar-refractivity contribution is 8.00. The van der Waals surface area contributed by atoms with E-state index < -0.39 is 5.91 Å². The summed E-state index contributed by atoms with van der Waals surface area (Å²) in [5.41, 5.74) is 8.63. The number of nitrogens with one attached hydrogen (secondary N) is 1. The van der Waals surface area contributed by atoms with E-state index in [9.17, 15) is 9.59 Å². The van der Waals surface area contributed by atoms with Gasteiger partial charge in [0.25, 0.3) is 0 Å². The fraction of sp³-hybridized carbons (Fsp3) is 0.222. The van der Waals surface area contributed by atoms with Crippen molar-refractivity contribution in [3.8, 4) is 0 Å². The molecule has 0 radical (unpaired) electrons. The van der Waals surface area contributed by atoms with Crippen molar-refractivity contribution < 1.29 is 9.59 Å². The largest absolute Gasteiger partial charge is 0.366 e. The van der Waals surface area contributed by atoms with Gasteiger partial charge in [0, 0.05) is 16.1 Å². The van der Waals surface area contributed by atoms with Gasteiger partial charge in [-0.1, -0.05) is 17.7 Å². The van der Waals surface area contributed by atoms with Gasteiger partial charge in [-0.15, -0.1) is 11.8 Å². The standard InChI is InChI=1S/C18H20N2O2S/c1-11-4-9-16(12(2)10-11)23-13(3)18(22)20-15-7-5-14(6-8-15)17(19)21/h4-10,13H,1-3H3,(H2,19,21)(H,20,22)/t13-/m1/s1. The maximum Gasteiger partial charge on any atom is 0.248 e. The van der Waals surface area contributed by atoms with E-state index in [-0.39, 0.29) is 11.2 Å². The zero-order valence-corrected chi connectivity index (χ0v) is 14.2. The van der Waals surface area contributed by atoms with Crippen LogP contribution >= 0.6 is 11.8 Å². The number of aryl methyl sites for hydroxylation is 2. The van der Waals surface area contributed by atoms with Gasteiger partial charge in [-0.2, -0.15) is 0 Å². The first kappa shape index (κ1) is 17.1. The van der Waals surface area contributed by atoms with Crippen molar-refractivity contribution in [3.05, 3.63) is 59.2 Å². The van der Waals surface area contributed by atoms with Crippen molar-refractivity contribution >= 4 is 29.3 Å². The lowest BCUT2D eigenvalue weighted by molar-refractivity contribution is -0.115. The number of carbonyl (C=O) groups excluding carboxylic acids is 2. The average molecular weight is 328 g/mol. The molecule has 0 aliphatic carbocycles. The molecule has 3 N–H and O–H groups in total. The lowest BCUT2D eigenvalue weighted by atomic mass is 10.2. The molecule has 2 amide bonds. The van der Waals surface area contributed by atoms with Gasteiger partial charge in [-0.25, -0.2) is 0 Å². The maximum atomic E-state index is 12.3. The number of anilines is 1. The van der Waals surface area contributed by atoms with Crippen LogP contribution in [0.4, 0.5) is 5.69 Å². The van der Waals surface area contributed by atoms with Crippen LogP contribution in [-0.2, 0) is 4.79 Å². The fourth-order valence-electron chi connectivity index (χ4n) is 2.14. The molecule has 23 heavy (non-hydrogen) atoms. The molecule has 2 aromatic rings. The average Bonchev–Trinajstić information content (AvgIpc) is 2.50. The molecule has 0 saturated carbocycles. The number of hydrogen-bond donors (Lipinski definition) is 2. The Kier molecular flexibility index (Phi) is 5.45. The molecule has 0 aromatic heterocycles. The van der Waals surface area contributed by atoms with Crippen molar-refractivity contribution in [1.29, 1.82) is 0 Å². The van der Waals surface area contributed by atoms with Crippen molar-refractivity contribution in [1.82, 2.24) is 0 Å². The first-order valence-electron chi connectivity index (χ1n) is 7.31. The number of rotatable bonds is 5. The van der Waals surface area contributed by atoms with E-state index in [1.807, 2.05) is 32.9 Å². The maximum absolute atomic E-state index is 12.3. The zero-order valence-electron chi connectivity index (χ0n) is 13.4. The van der Waals surface area contributed by atoms with Crippen LogP contribution < -0.4 is 11.1 Å². The van der Waals surface area contributed by atoms with E-state index >= 15 is 0 Å². The first-order chi connectivity index (χ1) is 10.9. The molecular formula is C18H20N2O2S. The molecule has 0 heterocycles. The third kappa shape index (κ3) is 4.60. The Hall–Kier alpha value is -2.27. The highest BCUT2D eigenvalue weighted by Gasteiger charge is 2.15. The minimum Gasteiger partial charge on any atom is -0.366 e. The molecule has 0 aliphatic heterocycles. The molecule has 0 bridgehead atoms. The van der Waals surface area contributed by atoms with Crippen LogP contribution in [0.2, 0.25) is 0 Å². The molecule has 5 heteroatoms. The first-order valence-corrected chi connectivity index (χ1v) is 8.19. The Morgan fingerprint density at radius 2 is 1.74 bits per heavy atom. The van der Waals surface area contributed by atoms with E-state index in [1.165, 1.54) is 22.9 Å². The molecular weight excluding hydrogens is 308 g/mol. The molecule has 120 valence electrons. The Morgan fingerprint density at radius 1 is 1.09 bits per heavy atom. The van der Waals surface area contributed by atoms with Gasteiger partial charge in [0.1, 0.15) is 0 Å². The summed E-state index contributed by atoms with van der Waals surface area (Å²) < 4.78 is 0. The summed E-state index contributed by atoms with van der Waals surface area (Å²) in [7, 11) is 0. The Balaban J connectivity index is 2.00. The highest BCUT2D eigenvalue weighted by atomic mass is 32.2. The van der Waals surface area contributed by atoms with E-state index in [0.717, 1.165) is 4.90 Å². The number of hydrogen-bond acceptors (Lipinski definition) is 3. The highest BCUT2D eigenvalue weighted by Crippen LogP contribution is 2.28. The van der Waals surface area contributed by atoms with Gasteiger partial charge in [0.05, 0.1) is 5.25 Å². The van der Waals surface area contributed by atoms with Gasteiger partial charge in [0.15, 0.2) is 0 Å². The molecule has 0 saturated heterocycles. The second-order valence-electron chi connectivity index (χ2n) is 5.46. The van der Waals surface area contributed by atoms with Crippen LogP contribution in [0.15, 0.2) is 47.4 Å². The molecule has 0 fully saturated rings. The van der Waals surface area contributed by atoms with Gasteiger partial charge < -0.3 is 11.1 Å². The van der Waals surface area contributed by atoms with E-state index in [1.54, 1.807) is 24.3 Å². The van der Waals surface area contributed by atoms with Gasteiger partial charge in [0.2, 0.25) is 11.8 Å². The van der Waals surface area contributed by atoms with Crippen molar-refractivity contribution in [3.63, 3.8) is 0 Å². The summed E-state index contributed by atoms with van der Waals surface area (Å²) in [5.74, 6) is -0.566. The molecule has 1 atom stereocenters. The minimum atomic E-state index is -0.485. The van der Waals surface area contributed by atoms with Crippen LogP contribution in [0.1, 0.15) is 28.4 Å². The predicted molar refractivity (Wildman–Crippen MR) is 94.8 cm³/mol. The van der Waals surface area contributed by atoms with E-state index in [0.29, 0.717) is 11.3 Å². The topological polar surface area (TPSA) is 72.2 Å². The number of amides is 2. The third-order valence-electron chi connectivity index (χ3n) is 3.44. The zero-order chi connectivity index (χ0) is 17.0. The van der Waals surface area contributed by atoms with Crippen molar-refractivity contribution in [2.75, 3.05) is 5.32 Å². The summed E-state index contributed by atoms with van der Waals surface area (Å²) >= 11 is 1.53. The molecule has 2 aromatic carbocycles. The second-order valence-corrected chi connectivity index (χ2v) is 6.84. The molecule has 4 nitrogen and oxygen atoms in total. The van der Waals surface area contributed by atoms with Crippen LogP contribution in [0, 0.1) is 13.8 Å². The number of nitrogens with two attached hydrogens (primary N) is 1.